The van der Waals surface area contributed by atoms with Crippen molar-refractivity contribution < 1.29 is 13.5 Å². The average Bonchev–Trinajstić information content (AvgIpc) is 2.42. The van der Waals surface area contributed by atoms with Gasteiger partial charge in [0.2, 0.25) is 0 Å². The van der Waals surface area contributed by atoms with E-state index in [-0.39, 0.29) is 17.9 Å². The fourth-order valence-corrected chi connectivity index (χ4v) is 1.67. The summed E-state index contributed by atoms with van der Waals surface area (Å²) in [6.45, 7) is 3.76. The van der Waals surface area contributed by atoms with Crippen LogP contribution in [0.15, 0.2) is 30.3 Å². The minimum absolute atomic E-state index is 0.0878. The average molecular weight is 273 g/mol. The van der Waals surface area contributed by atoms with E-state index in [9.17, 15) is 8.78 Å². The highest BCUT2D eigenvalue weighted by atomic mass is 19.1. The lowest BCUT2D eigenvalue weighted by Crippen LogP contribution is -2.00. The van der Waals surface area contributed by atoms with Gasteiger partial charge in [-0.25, -0.2) is 13.8 Å². The first-order chi connectivity index (χ1) is 9.61. The van der Waals surface area contributed by atoms with E-state index in [0.717, 1.165) is 17.8 Å². The molecule has 0 aliphatic heterocycles. The Morgan fingerprint density at radius 3 is 2.55 bits per heavy atom. The van der Waals surface area contributed by atoms with E-state index >= 15 is 0 Å². The molecule has 4 heteroatoms. The maximum Gasteiger partial charge on any atom is 0.173 e. The second-order valence-electron chi connectivity index (χ2n) is 4.08. The van der Waals surface area contributed by atoms with Gasteiger partial charge < -0.3 is 4.74 Å². The Kier molecular flexibility index (Phi) is 4.31. The number of benzene rings is 1. The Morgan fingerprint density at radius 1 is 1.10 bits per heavy atom. The van der Waals surface area contributed by atoms with Gasteiger partial charge in [0.05, 0.1) is 6.61 Å². The van der Waals surface area contributed by atoms with Crippen molar-refractivity contribution in [2.45, 2.75) is 13.8 Å². The molecule has 1 aromatic heterocycles. The molecule has 2 nitrogen and oxygen atoms in total. The van der Waals surface area contributed by atoms with Crippen molar-refractivity contribution in [1.82, 2.24) is 4.98 Å². The monoisotopic (exact) mass is 273 g/mol. The number of pyridine rings is 1. The van der Waals surface area contributed by atoms with Crippen LogP contribution in [0.1, 0.15) is 23.9 Å². The molecule has 0 aliphatic carbocycles. The van der Waals surface area contributed by atoms with Crippen LogP contribution in [0.2, 0.25) is 0 Å². The molecule has 0 saturated heterocycles. The van der Waals surface area contributed by atoms with Crippen LogP contribution >= 0.6 is 0 Å². The van der Waals surface area contributed by atoms with Crippen LogP contribution in [0.5, 0.6) is 5.75 Å². The van der Waals surface area contributed by atoms with Gasteiger partial charge in [-0.3, -0.25) is 0 Å². The third kappa shape index (κ3) is 3.12. The number of hydrogen-bond donors (Lipinski definition) is 0. The molecule has 102 valence electrons. The van der Waals surface area contributed by atoms with Crippen molar-refractivity contribution in [3.8, 4) is 17.6 Å². The third-order valence-corrected chi connectivity index (χ3v) is 2.55. The van der Waals surface area contributed by atoms with Crippen molar-refractivity contribution >= 4 is 0 Å². The van der Waals surface area contributed by atoms with E-state index in [4.69, 9.17) is 4.74 Å². The number of aromatic nitrogens is 1. The lowest BCUT2D eigenvalue weighted by atomic mass is 10.1. The van der Waals surface area contributed by atoms with E-state index in [1.165, 1.54) is 0 Å². The second kappa shape index (κ2) is 6.16. The Bertz CT molecular complexity index is 687. The van der Waals surface area contributed by atoms with Crippen LogP contribution in [-0.2, 0) is 0 Å². The minimum Gasteiger partial charge on any atom is -0.489 e. The molecule has 0 unspecified atom stereocenters. The van der Waals surface area contributed by atoms with Crippen molar-refractivity contribution in [1.29, 1.82) is 0 Å². The summed E-state index contributed by atoms with van der Waals surface area (Å²) in [5.41, 5.74) is 1.22. The van der Waals surface area contributed by atoms with Gasteiger partial charge in [0.15, 0.2) is 11.6 Å². The van der Waals surface area contributed by atoms with Gasteiger partial charge in [-0.2, -0.15) is 0 Å². The molecule has 0 amide bonds. The van der Waals surface area contributed by atoms with Gasteiger partial charge in [0.25, 0.3) is 0 Å². The summed E-state index contributed by atoms with van der Waals surface area (Å²) in [7, 11) is 0. The van der Waals surface area contributed by atoms with Gasteiger partial charge in [-0.05, 0) is 44.0 Å². The van der Waals surface area contributed by atoms with Crippen molar-refractivity contribution in [2.75, 3.05) is 6.61 Å². The molecule has 0 radical (unpaired) electrons. The molecule has 0 N–H and O–H groups in total. The summed E-state index contributed by atoms with van der Waals surface area (Å²) in [6, 6.07) is 7.40. The zero-order chi connectivity index (χ0) is 14.5. The number of aryl methyl sites for hydroxylation is 1. The summed E-state index contributed by atoms with van der Waals surface area (Å²) in [5.74, 6) is 3.91. The number of halogens is 2. The SMILES string of the molecule is CCOc1c(F)ccc(F)c1C#Cc1cccc(C)n1. The van der Waals surface area contributed by atoms with Crippen molar-refractivity contribution in [3.05, 3.63) is 58.9 Å². The summed E-state index contributed by atoms with van der Waals surface area (Å²) in [6.07, 6.45) is 0. The molecule has 0 aliphatic rings. The molecule has 0 saturated carbocycles. The summed E-state index contributed by atoms with van der Waals surface area (Å²) in [5, 5.41) is 0. The number of ether oxygens (including phenoxy) is 1. The first-order valence-corrected chi connectivity index (χ1v) is 6.18. The highest BCUT2D eigenvalue weighted by Gasteiger charge is 2.13. The molecule has 0 fully saturated rings. The smallest absolute Gasteiger partial charge is 0.173 e. The Labute approximate surface area is 116 Å². The van der Waals surface area contributed by atoms with E-state index < -0.39 is 11.6 Å². The maximum absolute atomic E-state index is 13.8. The number of nitrogens with zero attached hydrogens (tertiary/aromatic N) is 1. The van der Waals surface area contributed by atoms with Crippen LogP contribution in [0.25, 0.3) is 0 Å². The van der Waals surface area contributed by atoms with Crippen molar-refractivity contribution in [3.63, 3.8) is 0 Å². The quantitative estimate of drug-likeness (QED) is 0.782. The summed E-state index contributed by atoms with van der Waals surface area (Å²) < 4.78 is 32.5. The van der Waals surface area contributed by atoms with Crippen LogP contribution in [0, 0.1) is 30.4 Å². The minimum atomic E-state index is -0.630. The highest BCUT2D eigenvalue weighted by molar-refractivity contribution is 5.50. The van der Waals surface area contributed by atoms with Crippen molar-refractivity contribution in [2.24, 2.45) is 0 Å². The van der Waals surface area contributed by atoms with Gasteiger partial charge in [-0.15, -0.1) is 0 Å². The molecule has 2 aromatic rings. The normalized spacial score (nSPS) is 9.80. The van der Waals surface area contributed by atoms with Crippen LogP contribution in [0.4, 0.5) is 8.78 Å². The largest absolute Gasteiger partial charge is 0.489 e. The topological polar surface area (TPSA) is 22.1 Å². The fraction of sp³-hybridized carbons (Fsp3) is 0.188. The standard InChI is InChI=1S/C16H13F2NO/c1-3-20-16-13(14(17)9-10-15(16)18)8-7-12-6-4-5-11(2)19-12/h4-6,9-10H,3H2,1-2H3. The van der Waals surface area contributed by atoms with Gasteiger partial charge in [0.1, 0.15) is 17.1 Å². The van der Waals surface area contributed by atoms with Gasteiger partial charge in [0, 0.05) is 5.69 Å². The molecule has 2 rings (SSSR count). The second-order valence-corrected chi connectivity index (χ2v) is 4.08. The molecule has 0 bridgehead atoms. The fourth-order valence-electron chi connectivity index (χ4n) is 1.67. The van der Waals surface area contributed by atoms with Crippen LogP contribution in [0.3, 0.4) is 0 Å². The van der Waals surface area contributed by atoms with E-state index in [1.807, 2.05) is 13.0 Å². The number of hydrogen-bond acceptors (Lipinski definition) is 2. The number of rotatable bonds is 2. The Hall–Kier alpha value is -2.41. The molecule has 1 aromatic carbocycles. The van der Waals surface area contributed by atoms with Gasteiger partial charge in [-0.1, -0.05) is 12.0 Å². The Balaban J connectivity index is 2.46. The molecular formula is C16H13F2NO. The van der Waals surface area contributed by atoms with Crippen LogP contribution < -0.4 is 4.74 Å². The van der Waals surface area contributed by atoms with E-state index in [1.54, 1.807) is 19.1 Å². The highest BCUT2D eigenvalue weighted by Crippen LogP contribution is 2.24. The predicted molar refractivity (Wildman–Crippen MR) is 72.5 cm³/mol. The lowest BCUT2D eigenvalue weighted by molar-refractivity contribution is 0.318. The van der Waals surface area contributed by atoms with Crippen LogP contribution in [-0.4, -0.2) is 11.6 Å². The summed E-state index contributed by atoms with van der Waals surface area (Å²) >= 11 is 0. The molecular weight excluding hydrogens is 260 g/mol. The van der Waals surface area contributed by atoms with E-state index in [2.05, 4.69) is 16.8 Å². The molecule has 1 heterocycles. The first kappa shape index (κ1) is 14.0. The third-order valence-electron chi connectivity index (χ3n) is 2.55. The maximum atomic E-state index is 13.8. The molecule has 0 atom stereocenters. The molecule has 0 spiro atoms. The van der Waals surface area contributed by atoms with E-state index in [0.29, 0.717) is 5.69 Å². The zero-order valence-corrected chi connectivity index (χ0v) is 11.2. The van der Waals surface area contributed by atoms with Gasteiger partial charge >= 0.3 is 0 Å². The summed E-state index contributed by atoms with van der Waals surface area (Å²) in [4.78, 5) is 4.19. The first-order valence-electron chi connectivity index (χ1n) is 6.18. The lowest BCUT2D eigenvalue weighted by Gasteiger charge is -2.07. The zero-order valence-electron chi connectivity index (χ0n) is 11.2. The Morgan fingerprint density at radius 2 is 1.85 bits per heavy atom. The molecule has 20 heavy (non-hydrogen) atoms. The predicted octanol–water partition coefficient (Wildman–Crippen LogP) is 3.47.